The highest BCUT2D eigenvalue weighted by atomic mass is 16.6. The molecule has 0 amide bonds. The molecule has 16 heavy (non-hydrogen) atoms. The lowest BCUT2D eigenvalue weighted by Gasteiger charge is -2.04. The summed E-state index contributed by atoms with van der Waals surface area (Å²) >= 11 is 0. The molecule has 2 aromatic rings. The molecule has 4 heteroatoms. The van der Waals surface area contributed by atoms with Gasteiger partial charge in [0.1, 0.15) is 0 Å². The van der Waals surface area contributed by atoms with Crippen molar-refractivity contribution in [2.45, 2.75) is 6.92 Å². The summed E-state index contributed by atoms with van der Waals surface area (Å²) in [5.41, 5.74) is 2.70. The van der Waals surface area contributed by atoms with E-state index in [0.717, 1.165) is 16.8 Å². The Balaban J connectivity index is 2.53. The molecule has 0 bridgehead atoms. The minimum Gasteiger partial charge on any atom is -0.261 e. The molecule has 0 radical (unpaired) electrons. The molecular formula is C12H10N2O2. The number of aryl methyl sites for hydroxylation is 1. The first-order chi connectivity index (χ1) is 7.68. The first-order valence-electron chi connectivity index (χ1n) is 4.85. The molecule has 0 N–H and O–H groups in total. The molecule has 4 nitrogen and oxygen atoms in total. The molecule has 0 spiro atoms. The van der Waals surface area contributed by atoms with Crippen molar-refractivity contribution in [1.82, 2.24) is 4.98 Å². The Morgan fingerprint density at radius 1 is 1.25 bits per heavy atom. The minimum atomic E-state index is -0.394. The number of aromatic nitrogens is 1. The van der Waals surface area contributed by atoms with Crippen LogP contribution in [0.15, 0.2) is 42.6 Å². The van der Waals surface area contributed by atoms with Crippen LogP contribution < -0.4 is 0 Å². The second-order valence-corrected chi connectivity index (χ2v) is 3.44. The first kappa shape index (κ1) is 10.3. The van der Waals surface area contributed by atoms with E-state index in [1.165, 1.54) is 6.07 Å². The average molecular weight is 214 g/mol. The summed E-state index contributed by atoms with van der Waals surface area (Å²) < 4.78 is 0. The normalized spacial score (nSPS) is 10.1. The van der Waals surface area contributed by atoms with Crippen LogP contribution in [0.2, 0.25) is 0 Å². The number of pyridine rings is 1. The second-order valence-electron chi connectivity index (χ2n) is 3.44. The maximum atomic E-state index is 10.7. The predicted molar refractivity (Wildman–Crippen MR) is 61.1 cm³/mol. The summed E-state index contributed by atoms with van der Waals surface area (Å²) in [4.78, 5) is 14.4. The zero-order chi connectivity index (χ0) is 11.5. The smallest absolute Gasteiger partial charge is 0.261 e. The fourth-order valence-corrected chi connectivity index (χ4v) is 1.58. The predicted octanol–water partition coefficient (Wildman–Crippen LogP) is 2.97. The van der Waals surface area contributed by atoms with Crippen LogP contribution in [-0.4, -0.2) is 9.91 Å². The third kappa shape index (κ3) is 1.91. The molecule has 0 aliphatic heterocycles. The Morgan fingerprint density at radius 3 is 2.75 bits per heavy atom. The van der Waals surface area contributed by atoms with E-state index >= 15 is 0 Å². The minimum absolute atomic E-state index is 0.0979. The van der Waals surface area contributed by atoms with E-state index in [1.807, 2.05) is 25.1 Å². The largest absolute Gasteiger partial charge is 0.270 e. The highest BCUT2D eigenvalue weighted by Crippen LogP contribution is 2.25. The highest BCUT2D eigenvalue weighted by Gasteiger charge is 2.08. The van der Waals surface area contributed by atoms with Gasteiger partial charge in [-0.1, -0.05) is 18.2 Å². The number of non-ortho nitro benzene ring substituents is 1. The fraction of sp³-hybridized carbons (Fsp3) is 0.0833. The summed E-state index contributed by atoms with van der Waals surface area (Å²) in [5.74, 6) is 0. The lowest BCUT2D eigenvalue weighted by atomic mass is 10.0. The van der Waals surface area contributed by atoms with Crippen LogP contribution in [0.5, 0.6) is 0 Å². The lowest BCUT2D eigenvalue weighted by Crippen LogP contribution is -1.90. The summed E-state index contributed by atoms with van der Waals surface area (Å²) in [5, 5.41) is 10.7. The molecule has 0 atom stereocenters. The van der Waals surface area contributed by atoms with Crippen LogP contribution in [0.25, 0.3) is 11.1 Å². The van der Waals surface area contributed by atoms with Crippen molar-refractivity contribution in [3.8, 4) is 11.1 Å². The number of hydrogen-bond acceptors (Lipinski definition) is 3. The van der Waals surface area contributed by atoms with Crippen LogP contribution in [0, 0.1) is 17.0 Å². The van der Waals surface area contributed by atoms with E-state index in [0.29, 0.717) is 0 Å². The summed E-state index contributed by atoms with van der Waals surface area (Å²) in [7, 11) is 0. The van der Waals surface area contributed by atoms with Gasteiger partial charge in [-0.2, -0.15) is 0 Å². The number of nitro benzene ring substituents is 1. The Labute approximate surface area is 92.7 Å². The van der Waals surface area contributed by atoms with Crippen LogP contribution in [-0.2, 0) is 0 Å². The SMILES string of the molecule is Cc1ncccc1-c1cccc([N+](=O)[O-])c1. The van der Waals surface area contributed by atoms with Crippen LogP contribution in [0.1, 0.15) is 5.69 Å². The van der Waals surface area contributed by atoms with Crippen molar-refractivity contribution in [1.29, 1.82) is 0 Å². The maximum Gasteiger partial charge on any atom is 0.270 e. The number of rotatable bonds is 2. The average Bonchev–Trinajstić information content (AvgIpc) is 2.30. The number of nitro groups is 1. The highest BCUT2D eigenvalue weighted by molar-refractivity contribution is 5.67. The Morgan fingerprint density at radius 2 is 2.06 bits per heavy atom. The van der Waals surface area contributed by atoms with Crippen molar-refractivity contribution in [2.24, 2.45) is 0 Å². The molecule has 0 saturated heterocycles. The van der Waals surface area contributed by atoms with Gasteiger partial charge in [-0.25, -0.2) is 0 Å². The zero-order valence-corrected chi connectivity index (χ0v) is 8.75. The van der Waals surface area contributed by atoms with Gasteiger partial charge in [-0.15, -0.1) is 0 Å². The van der Waals surface area contributed by atoms with Crippen LogP contribution >= 0.6 is 0 Å². The van der Waals surface area contributed by atoms with Gasteiger partial charge in [0.15, 0.2) is 0 Å². The van der Waals surface area contributed by atoms with Gasteiger partial charge in [0, 0.05) is 29.6 Å². The number of benzene rings is 1. The van der Waals surface area contributed by atoms with Gasteiger partial charge in [0.2, 0.25) is 0 Å². The third-order valence-corrected chi connectivity index (χ3v) is 2.37. The number of nitrogens with zero attached hydrogens (tertiary/aromatic N) is 2. The van der Waals surface area contributed by atoms with Gasteiger partial charge < -0.3 is 0 Å². The molecule has 1 aromatic carbocycles. The maximum absolute atomic E-state index is 10.7. The Hall–Kier alpha value is -2.23. The Bertz CT molecular complexity index is 538. The third-order valence-electron chi connectivity index (χ3n) is 2.37. The first-order valence-corrected chi connectivity index (χ1v) is 4.85. The van der Waals surface area contributed by atoms with Crippen molar-refractivity contribution in [2.75, 3.05) is 0 Å². The fourth-order valence-electron chi connectivity index (χ4n) is 1.58. The standard InChI is InChI=1S/C12H10N2O2/c1-9-12(6-3-7-13-9)10-4-2-5-11(8-10)14(15)16/h2-8H,1H3. The summed E-state index contributed by atoms with van der Waals surface area (Å²) in [6, 6.07) is 10.3. The zero-order valence-electron chi connectivity index (χ0n) is 8.75. The van der Waals surface area contributed by atoms with Crippen molar-refractivity contribution in [3.63, 3.8) is 0 Å². The van der Waals surface area contributed by atoms with Gasteiger partial charge in [0.25, 0.3) is 5.69 Å². The van der Waals surface area contributed by atoms with Gasteiger partial charge in [0.05, 0.1) is 4.92 Å². The second kappa shape index (κ2) is 4.10. The molecule has 1 aromatic heterocycles. The molecule has 0 fully saturated rings. The van der Waals surface area contributed by atoms with Crippen molar-refractivity contribution < 1.29 is 4.92 Å². The van der Waals surface area contributed by atoms with E-state index in [-0.39, 0.29) is 5.69 Å². The van der Waals surface area contributed by atoms with E-state index in [4.69, 9.17) is 0 Å². The number of hydrogen-bond donors (Lipinski definition) is 0. The molecule has 0 aliphatic rings. The topological polar surface area (TPSA) is 56.0 Å². The molecule has 0 unspecified atom stereocenters. The quantitative estimate of drug-likeness (QED) is 0.570. The molecule has 80 valence electrons. The van der Waals surface area contributed by atoms with E-state index in [9.17, 15) is 10.1 Å². The van der Waals surface area contributed by atoms with E-state index in [2.05, 4.69) is 4.98 Å². The van der Waals surface area contributed by atoms with Gasteiger partial charge >= 0.3 is 0 Å². The van der Waals surface area contributed by atoms with E-state index < -0.39 is 4.92 Å². The monoisotopic (exact) mass is 214 g/mol. The van der Waals surface area contributed by atoms with Gasteiger partial charge in [-0.3, -0.25) is 15.1 Å². The lowest BCUT2D eigenvalue weighted by molar-refractivity contribution is -0.384. The molecular weight excluding hydrogens is 204 g/mol. The van der Waals surface area contributed by atoms with E-state index in [1.54, 1.807) is 18.3 Å². The van der Waals surface area contributed by atoms with Gasteiger partial charge in [-0.05, 0) is 18.6 Å². The Kier molecular flexibility index (Phi) is 2.64. The molecule has 2 rings (SSSR count). The van der Waals surface area contributed by atoms with Crippen LogP contribution in [0.4, 0.5) is 5.69 Å². The van der Waals surface area contributed by atoms with Crippen molar-refractivity contribution >= 4 is 5.69 Å². The summed E-state index contributed by atoms with van der Waals surface area (Å²) in [6.07, 6.45) is 1.70. The molecule has 0 saturated carbocycles. The van der Waals surface area contributed by atoms with Crippen LogP contribution in [0.3, 0.4) is 0 Å². The molecule has 1 heterocycles. The van der Waals surface area contributed by atoms with Crippen molar-refractivity contribution in [3.05, 3.63) is 58.4 Å². The summed E-state index contributed by atoms with van der Waals surface area (Å²) in [6.45, 7) is 1.88. The molecule has 0 aliphatic carbocycles.